The molecular weight excluding hydrogens is 737 g/mol. The summed E-state index contributed by atoms with van der Waals surface area (Å²) in [5.74, 6) is 0.699. The van der Waals surface area contributed by atoms with Crippen molar-refractivity contribution in [3.8, 4) is 22.5 Å². The molecule has 0 aliphatic heterocycles. The van der Waals surface area contributed by atoms with Crippen LogP contribution >= 0.6 is 11.3 Å². The van der Waals surface area contributed by atoms with Crippen LogP contribution in [0.3, 0.4) is 0 Å². The molecule has 1 aliphatic carbocycles. The van der Waals surface area contributed by atoms with Gasteiger partial charge in [0.05, 0.1) is 0 Å². The largest absolute Gasteiger partial charge is 0.305 e. The van der Waals surface area contributed by atoms with Crippen LogP contribution in [-0.4, -0.2) is 18.0 Å². The molecule has 43 heavy (non-hydrogen) atoms. The standard InChI is InChI=1S/C26H28NSSi.C12H10N.Ir/c1-29(2,3)24-14-13-20(26-25(24)21-11-7-8-12-23(21)28-26)22-17-19(15-16-27-22)18-9-5-4-6-10-18;1-10-7-8-12(13-9-10)11-5-3-2-4-6-11;/h7-8,11-12,14-18H,4-6,9-10H2,1-3H3;2-5,7-9H,1H3;/q2*-1;. The van der Waals surface area contributed by atoms with Gasteiger partial charge in [-0.1, -0.05) is 86.3 Å². The number of aryl methyl sites for hydroxylation is 1. The third-order valence-electron chi connectivity index (χ3n) is 8.27. The minimum absolute atomic E-state index is 0. The molecule has 0 saturated heterocycles. The number of hydrogen-bond acceptors (Lipinski definition) is 3. The summed E-state index contributed by atoms with van der Waals surface area (Å²) in [5.41, 5.74) is 6.94. The van der Waals surface area contributed by atoms with E-state index in [1.54, 1.807) is 0 Å². The van der Waals surface area contributed by atoms with Crippen molar-refractivity contribution in [3.63, 3.8) is 0 Å². The van der Waals surface area contributed by atoms with Crippen LogP contribution in [0, 0.1) is 19.1 Å². The van der Waals surface area contributed by atoms with Gasteiger partial charge in [-0.2, -0.15) is 11.3 Å². The Bertz CT molecular complexity index is 1800. The maximum absolute atomic E-state index is 4.80. The van der Waals surface area contributed by atoms with Crippen molar-refractivity contribution < 1.29 is 20.1 Å². The van der Waals surface area contributed by atoms with Gasteiger partial charge in [0.1, 0.15) is 0 Å². The maximum atomic E-state index is 4.80. The minimum Gasteiger partial charge on any atom is -0.305 e. The molecule has 3 aromatic heterocycles. The number of hydrogen-bond donors (Lipinski definition) is 0. The predicted molar refractivity (Wildman–Crippen MR) is 183 cm³/mol. The topological polar surface area (TPSA) is 25.8 Å². The van der Waals surface area contributed by atoms with E-state index in [4.69, 9.17) is 4.98 Å². The number of pyridine rings is 2. The van der Waals surface area contributed by atoms with E-state index in [1.807, 2.05) is 61.0 Å². The number of aromatic nitrogens is 2. The van der Waals surface area contributed by atoms with E-state index < -0.39 is 8.07 Å². The molecule has 1 saturated carbocycles. The summed E-state index contributed by atoms with van der Waals surface area (Å²) in [5, 5.41) is 4.35. The smallest absolute Gasteiger partial charge is 0.0300 e. The van der Waals surface area contributed by atoms with Gasteiger partial charge in [0, 0.05) is 45.3 Å². The van der Waals surface area contributed by atoms with E-state index in [9.17, 15) is 0 Å². The zero-order chi connectivity index (χ0) is 29.1. The second-order valence-corrected chi connectivity index (χ2v) is 18.5. The first-order chi connectivity index (χ1) is 20.4. The van der Waals surface area contributed by atoms with Gasteiger partial charge in [-0.05, 0) is 64.9 Å². The molecule has 1 fully saturated rings. The quantitative estimate of drug-likeness (QED) is 0.132. The van der Waals surface area contributed by atoms with Crippen molar-refractivity contribution >= 4 is 44.8 Å². The monoisotopic (exact) mass is 775 g/mol. The average molecular weight is 775 g/mol. The van der Waals surface area contributed by atoms with Crippen molar-refractivity contribution in [2.75, 3.05) is 0 Å². The molecule has 1 aliphatic rings. The summed E-state index contributed by atoms with van der Waals surface area (Å²) < 4.78 is 2.73. The first-order valence-corrected chi connectivity index (χ1v) is 19.4. The second-order valence-electron chi connectivity index (χ2n) is 12.4. The van der Waals surface area contributed by atoms with Gasteiger partial charge in [0.25, 0.3) is 0 Å². The van der Waals surface area contributed by atoms with Crippen LogP contribution in [-0.2, 0) is 20.1 Å². The van der Waals surface area contributed by atoms with Gasteiger partial charge in [-0.3, -0.25) is 0 Å². The van der Waals surface area contributed by atoms with Crippen LogP contribution in [0.25, 0.3) is 42.7 Å². The molecule has 3 aromatic carbocycles. The minimum atomic E-state index is -1.49. The van der Waals surface area contributed by atoms with Crippen LogP contribution in [0.4, 0.5) is 0 Å². The normalized spacial score (nSPS) is 13.8. The van der Waals surface area contributed by atoms with Crippen LogP contribution in [0.2, 0.25) is 19.6 Å². The maximum Gasteiger partial charge on any atom is 0.0300 e. The molecule has 2 nitrogen and oxygen atoms in total. The van der Waals surface area contributed by atoms with Crippen LogP contribution in [0.15, 0.2) is 91.3 Å². The summed E-state index contributed by atoms with van der Waals surface area (Å²) in [6.07, 6.45) is 10.6. The van der Waals surface area contributed by atoms with Gasteiger partial charge in [-0.15, -0.1) is 58.8 Å². The second kappa shape index (κ2) is 13.8. The van der Waals surface area contributed by atoms with Crippen molar-refractivity contribution in [2.45, 2.75) is 64.6 Å². The van der Waals surface area contributed by atoms with Gasteiger partial charge in [0.15, 0.2) is 0 Å². The average Bonchev–Trinajstić information content (AvgIpc) is 3.41. The molecule has 3 heterocycles. The van der Waals surface area contributed by atoms with Crippen LogP contribution in [0.1, 0.15) is 49.1 Å². The molecular formula is C38H38IrN2SSi-2. The van der Waals surface area contributed by atoms with Crippen LogP contribution < -0.4 is 5.19 Å². The molecule has 7 rings (SSSR count). The summed E-state index contributed by atoms with van der Waals surface area (Å²) in [7, 11) is -1.49. The number of fused-ring (bicyclic) bond motifs is 3. The Morgan fingerprint density at radius 2 is 1.63 bits per heavy atom. The Hall–Kier alpha value is -2.95. The first kappa shape index (κ1) is 31.5. The van der Waals surface area contributed by atoms with Crippen molar-refractivity contribution in [1.82, 2.24) is 9.97 Å². The molecule has 0 amide bonds. The number of rotatable bonds is 4. The zero-order valence-electron chi connectivity index (χ0n) is 25.4. The summed E-state index contributed by atoms with van der Waals surface area (Å²) in [6, 6.07) is 34.5. The third-order valence-corrected chi connectivity index (χ3v) is 11.5. The Morgan fingerprint density at radius 1 is 0.837 bits per heavy atom. The fourth-order valence-corrected chi connectivity index (χ4v) is 8.85. The molecule has 6 aromatic rings. The van der Waals surface area contributed by atoms with Crippen molar-refractivity contribution in [2.24, 2.45) is 0 Å². The van der Waals surface area contributed by atoms with E-state index in [0.29, 0.717) is 5.92 Å². The van der Waals surface area contributed by atoms with Crippen molar-refractivity contribution in [1.29, 1.82) is 0 Å². The third kappa shape index (κ3) is 7.07. The van der Waals surface area contributed by atoms with Gasteiger partial charge < -0.3 is 9.97 Å². The zero-order valence-corrected chi connectivity index (χ0v) is 29.6. The van der Waals surface area contributed by atoms with Gasteiger partial charge in [-0.25, -0.2) is 0 Å². The summed E-state index contributed by atoms with van der Waals surface area (Å²) in [4.78, 5) is 9.12. The first-order valence-electron chi connectivity index (χ1n) is 15.1. The Morgan fingerprint density at radius 3 is 2.35 bits per heavy atom. The molecule has 1 radical (unpaired) electrons. The molecule has 0 spiro atoms. The summed E-state index contributed by atoms with van der Waals surface area (Å²) >= 11 is 1.91. The molecule has 221 valence electrons. The Kier molecular flexibility index (Phi) is 10.1. The van der Waals surface area contributed by atoms with E-state index >= 15 is 0 Å². The number of thiophene rings is 1. The van der Waals surface area contributed by atoms with Crippen LogP contribution in [0.5, 0.6) is 0 Å². The van der Waals surface area contributed by atoms with Crippen molar-refractivity contribution in [3.05, 3.63) is 115 Å². The number of nitrogens with zero attached hydrogens (tertiary/aromatic N) is 2. The molecule has 5 heteroatoms. The molecule has 0 atom stereocenters. The summed E-state index contributed by atoms with van der Waals surface area (Å²) in [6.45, 7) is 9.34. The van der Waals surface area contributed by atoms with E-state index in [-0.39, 0.29) is 20.1 Å². The van der Waals surface area contributed by atoms with Gasteiger partial charge in [0.2, 0.25) is 0 Å². The molecule has 0 unspecified atom stereocenters. The fourth-order valence-electron chi connectivity index (χ4n) is 6.01. The van der Waals surface area contributed by atoms with Gasteiger partial charge >= 0.3 is 0 Å². The molecule has 0 N–H and O–H groups in total. The SMILES string of the molecule is C[Si](C)(C)c1c[c-]c(-c2cc(C3CCCCC3)ccn2)c2sc3ccccc3c12.Cc1ccc(-c2[c-]cccc2)nc1.[Ir]. The molecule has 0 bridgehead atoms. The van der Waals surface area contributed by atoms with E-state index in [0.717, 1.165) is 17.0 Å². The fraction of sp³-hybridized carbons (Fsp3) is 0.263. The Balaban J connectivity index is 0.000000221. The predicted octanol–water partition coefficient (Wildman–Crippen LogP) is 10.4. The van der Waals surface area contributed by atoms with E-state index in [1.165, 1.54) is 74.2 Å². The van der Waals surface area contributed by atoms with E-state index in [2.05, 4.69) is 85.3 Å². The Labute approximate surface area is 275 Å². The number of benzene rings is 3.